The van der Waals surface area contributed by atoms with Gasteiger partial charge >= 0.3 is 0 Å². The van der Waals surface area contributed by atoms with Gasteiger partial charge in [-0.05, 0) is 48.6 Å². The summed E-state index contributed by atoms with van der Waals surface area (Å²) in [6.45, 7) is 5.99. The summed E-state index contributed by atoms with van der Waals surface area (Å²) in [5.41, 5.74) is 0.919. The largest absolute Gasteiger partial charge is 0.313 e. The van der Waals surface area contributed by atoms with Gasteiger partial charge < -0.3 is 5.32 Å². The van der Waals surface area contributed by atoms with Gasteiger partial charge in [-0.15, -0.1) is 0 Å². The zero-order valence-electron chi connectivity index (χ0n) is 12.6. The van der Waals surface area contributed by atoms with E-state index in [1.165, 1.54) is 6.42 Å². The van der Waals surface area contributed by atoms with Crippen molar-refractivity contribution in [2.24, 2.45) is 5.41 Å². The van der Waals surface area contributed by atoms with Gasteiger partial charge in [0.1, 0.15) is 0 Å². The first-order valence-corrected chi connectivity index (χ1v) is 9.21. The maximum atomic E-state index is 12.4. The van der Waals surface area contributed by atoms with Crippen LogP contribution in [0.3, 0.4) is 0 Å². The second-order valence-corrected chi connectivity index (χ2v) is 8.20. The molecule has 21 heavy (non-hydrogen) atoms. The van der Waals surface area contributed by atoms with Crippen LogP contribution in [0.4, 0.5) is 0 Å². The SMILES string of the molecule is CCNCc1cc(S(=O)(=O)NCC2(C)CCC2)ccc1Cl. The number of benzene rings is 1. The molecule has 0 aliphatic heterocycles. The number of halogens is 1. The van der Waals surface area contributed by atoms with Crippen LogP contribution in [0.2, 0.25) is 5.02 Å². The van der Waals surface area contributed by atoms with Gasteiger partial charge in [0.15, 0.2) is 0 Å². The van der Waals surface area contributed by atoms with Gasteiger partial charge in [-0.25, -0.2) is 13.1 Å². The highest BCUT2D eigenvalue weighted by atomic mass is 35.5. The van der Waals surface area contributed by atoms with Gasteiger partial charge in [0.05, 0.1) is 4.90 Å². The Balaban J connectivity index is 2.11. The van der Waals surface area contributed by atoms with E-state index in [0.717, 1.165) is 24.9 Å². The van der Waals surface area contributed by atoms with Gasteiger partial charge in [-0.1, -0.05) is 31.9 Å². The van der Waals surface area contributed by atoms with Crippen LogP contribution in [0.1, 0.15) is 38.7 Å². The van der Waals surface area contributed by atoms with Crippen molar-refractivity contribution in [1.29, 1.82) is 0 Å². The van der Waals surface area contributed by atoms with Crippen molar-refractivity contribution in [2.45, 2.75) is 44.6 Å². The molecule has 0 aromatic heterocycles. The summed E-state index contributed by atoms with van der Waals surface area (Å²) in [5.74, 6) is 0. The average Bonchev–Trinajstić information content (AvgIpc) is 2.42. The fraction of sp³-hybridized carbons (Fsp3) is 0.600. The molecule has 0 heterocycles. The lowest BCUT2D eigenvalue weighted by Gasteiger charge is -2.38. The van der Waals surface area contributed by atoms with Crippen LogP contribution in [0, 0.1) is 5.41 Å². The molecule has 4 nitrogen and oxygen atoms in total. The maximum Gasteiger partial charge on any atom is 0.240 e. The minimum absolute atomic E-state index is 0.117. The molecule has 2 N–H and O–H groups in total. The van der Waals surface area contributed by atoms with Crippen molar-refractivity contribution >= 4 is 21.6 Å². The topological polar surface area (TPSA) is 58.2 Å². The van der Waals surface area contributed by atoms with Crippen LogP contribution < -0.4 is 10.0 Å². The molecular weight excluding hydrogens is 308 g/mol. The summed E-state index contributed by atoms with van der Waals surface area (Å²) < 4.78 is 27.5. The quantitative estimate of drug-likeness (QED) is 0.808. The number of sulfonamides is 1. The minimum atomic E-state index is -3.47. The van der Waals surface area contributed by atoms with E-state index in [4.69, 9.17) is 11.6 Å². The number of hydrogen-bond donors (Lipinski definition) is 2. The Kier molecular flexibility index (Phi) is 5.30. The number of nitrogens with one attached hydrogen (secondary N) is 2. The summed E-state index contributed by atoms with van der Waals surface area (Å²) in [5, 5.41) is 3.74. The third-order valence-corrected chi connectivity index (χ3v) is 5.91. The van der Waals surface area contributed by atoms with Crippen LogP contribution in [0.5, 0.6) is 0 Å². The third kappa shape index (κ3) is 4.19. The maximum absolute atomic E-state index is 12.4. The lowest BCUT2D eigenvalue weighted by Crippen LogP contribution is -2.39. The predicted molar refractivity (Wildman–Crippen MR) is 86.0 cm³/mol. The molecule has 0 atom stereocenters. The van der Waals surface area contributed by atoms with Crippen LogP contribution in [0.15, 0.2) is 23.1 Å². The number of rotatable bonds is 7. The van der Waals surface area contributed by atoms with Crippen molar-refractivity contribution in [1.82, 2.24) is 10.0 Å². The van der Waals surface area contributed by atoms with Crippen molar-refractivity contribution in [3.8, 4) is 0 Å². The van der Waals surface area contributed by atoms with E-state index < -0.39 is 10.0 Å². The highest BCUT2D eigenvalue weighted by Crippen LogP contribution is 2.39. The number of hydrogen-bond acceptors (Lipinski definition) is 3. The van der Waals surface area contributed by atoms with E-state index in [1.54, 1.807) is 18.2 Å². The molecule has 1 aromatic carbocycles. The first-order chi connectivity index (χ1) is 9.86. The normalized spacial score (nSPS) is 17.5. The minimum Gasteiger partial charge on any atom is -0.313 e. The van der Waals surface area contributed by atoms with Gasteiger partial charge in [0.2, 0.25) is 10.0 Å². The third-order valence-electron chi connectivity index (χ3n) is 4.14. The molecule has 0 amide bonds. The Morgan fingerprint density at radius 1 is 1.33 bits per heavy atom. The first kappa shape index (κ1) is 16.7. The van der Waals surface area contributed by atoms with E-state index in [-0.39, 0.29) is 10.3 Å². The summed E-state index contributed by atoms with van der Waals surface area (Å²) in [6.07, 6.45) is 3.36. The van der Waals surface area contributed by atoms with Crippen molar-refractivity contribution in [3.05, 3.63) is 28.8 Å². The molecule has 1 saturated carbocycles. The van der Waals surface area contributed by atoms with Crippen LogP contribution in [-0.2, 0) is 16.6 Å². The average molecular weight is 331 g/mol. The summed E-state index contributed by atoms with van der Waals surface area (Å²) in [6, 6.07) is 4.85. The zero-order valence-corrected chi connectivity index (χ0v) is 14.1. The summed E-state index contributed by atoms with van der Waals surface area (Å²) in [4.78, 5) is 0.280. The van der Waals surface area contributed by atoms with Gasteiger partial charge in [-0.3, -0.25) is 0 Å². The Morgan fingerprint density at radius 2 is 2.05 bits per heavy atom. The highest BCUT2D eigenvalue weighted by molar-refractivity contribution is 7.89. The monoisotopic (exact) mass is 330 g/mol. The van der Waals surface area contributed by atoms with Gasteiger partial charge in [0.25, 0.3) is 0 Å². The van der Waals surface area contributed by atoms with Crippen LogP contribution in [0.25, 0.3) is 0 Å². The van der Waals surface area contributed by atoms with E-state index in [0.29, 0.717) is 18.1 Å². The lowest BCUT2D eigenvalue weighted by molar-refractivity contribution is 0.166. The second-order valence-electron chi connectivity index (χ2n) is 6.02. The Hall–Kier alpha value is -0.620. The predicted octanol–water partition coefficient (Wildman–Crippen LogP) is 2.92. The second kappa shape index (κ2) is 6.65. The lowest BCUT2D eigenvalue weighted by atomic mass is 9.71. The summed E-state index contributed by atoms with van der Waals surface area (Å²) in [7, 11) is -3.47. The van der Waals surface area contributed by atoms with E-state index in [9.17, 15) is 8.42 Å². The Morgan fingerprint density at radius 3 is 2.62 bits per heavy atom. The smallest absolute Gasteiger partial charge is 0.240 e. The summed E-state index contributed by atoms with van der Waals surface area (Å²) >= 11 is 6.11. The van der Waals surface area contributed by atoms with Crippen LogP contribution >= 0.6 is 11.6 Å². The molecule has 0 unspecified atom stereocenters. The molecule has 0 spiro atoms. The standard InChI is InChI=1S/C15H23ClN2O2S/c1-3-17-10-12-9-13(5-6-14(12)16)21(19,20)18-11-15(2)7-4-8-15/h5-6,9,17-18H,3-4,7-8,10-11H2,1-2H3. The molecule has 1 aliphatic rings. The van der Waals surface area contributed by atoms with Crippen molar-refractivity contribution in [2.75, 3.05) is 13.1 Å². The van der Waals surface area contributed by atoms with Gasteiger partial charge in [-0.2, -0.15) is 0 Å². The Bertz CT molecular complexity index is 598. The molecule has 0 bridgehead atoms. The molecule has 1 fully saturated rings. The fourth-order valence-corrected chi connectivity index (χ4v) is 3.86. The highest BCUT2D eigenvalue weighted by Gasteiger charge is 2.33. The zero-order chi connectivity index (χ0) is 15.5. The molecule has 1 aromatic rings. The molecular formula is C15H23ClN2O2S. The van der Waals surface area contributed by atoms with E-state index in [1.807, 2.05) is 6.92 Å². The molecule has 6 heteroatoms. The molecule has 0 radical (unpaired) electrons. The fourth-order valence-electron chi connectivity index (χ4n) is 2.42. The first-order valence-electron chi connectivity index (χ1n) is 7.35. The Labute approximate surface area is 132 Å². The molecule has 0 saturated heterocycles. The van der Waals surface area contributed by atoms with Crippen molar-refractivity contribution in [3.63, 3.8) is 0 Å². The van der Waals surface area contributed by atoms with Gasteiger partial charge in [0, 0.05) is 18.1 Å². The molecule has 118 valence electrons. The molecule has 2 rings (SSSR count). The molecule has 1 aliphatic carbocycles. The van der Waals surface area contributed by atoms with Crippen molar-refractivity contribution < 1.29 is 8.42 Å². The van der Waals surface area contributed by atoms with E-state index in [2.05, 4.69) is 17.0 Å². The van der Waals surface area contributed by atoms with Crippen LogP contribution in [-0.4, -0.2) is 21.5 Å². The van der Waals surface area contributed by atoms with E-state index >= 15 is 0 Å².